The molecule has 0 spiro atoms. The van der Waals surface area contributed by atoms with Gasteiger partial charge in [-0.05, 0) is 6.92 Å². The van der Waals surface area contributed by atoms with Crippen molar-refractivity contribution < 1.29 is 13.5 Å². The van der Waals surface area contributed by atoms with Gasteiger partial charge in [-0.2, -0.15) is 5.10 Å². The Bertz CT molecular complexity index is 635. The van der Waals surface area contributed by atoms with E-state index in [0.29, 0.717) is 6.54 Å². The van der Waals surface area contributed by atoms with Crippen LogP contribution in [0.25, 0.3) is 0 Å². The molecule has 110 valence electrons. The standard InChI is InChI=1S/C11H17N5O3S/c1-10(7-15-3-2-12-9-15)14-20(18,19)11-6-13-16(8-11)4-5-17/h2-3,6,8-10,14,17H,4-5,7H2,1H3. The van der Waals surface area contributed by atoms with Crippen LogP contribution in [0.4, 0.5) is 0 Å². The molecule has 0 amide bonds. The van der Waals surface area contributed by atoms with E-state index in [1.165, 1.54) is 17.1 Å². The third kappa shape index (κ3) is 3.65. The molecule has 0 aromatic carbocycles. The van der Waals surface area contributed by atoms with Crippen LogP contribution in [0.15, 0.2) is 36.0 Å². The van der Waals surface area contributed by atoms with Crippen LogP contribution < -0.4 is 4.72 Å². The molecule has 0 saturated heterocycles. The lowest BCUT2D eigenvalue weighted by atomic mass is 10.4. The second kappa shape index (κ2) is 6.16. The molecule has 1 atom stereocenters. The van der Waals surface area contributed by atoms with E-state index in [1.807, 2.05) is 0 Å². The zero-order chi connectivity index (χ0) is 14.6. The van der Waals surface area contributed by atoms with Crippen molar-refractivity contribution in [3.05, 3.63) is 31.1 Å². The highest BCUT2D eigenvalue weighted by atomic mass is 32.2. The van der Waals surface area contributed by atoms with Gasteiger partial charge in [-0.15, -0.1) is 0 Å². The first-order valence-electron chi connectivity index (χ1n) is 6.12. The van der Waals surface area contributed by atoms with Gasteiger partial charge in [0.1, 0.15) is 4.90 Å². The molecule has 2 aromatic heterocycles. The van der Waals surface area contributed by atoms with E-state index >= 15 is 0 Å². The van der Waals surface area contributed by atoms with Crippen LogP contribution in [0.2, 0.25) is 0 Å². The number of rotatable bonds is 7. The molecular weight excluding hydrogens is 282 g/mol. The third-order valence-electron chi connectivity index (χ3n) is 2.65. The number of hydrogen-bond donors (Lipinski definition) is 2. The fourth-order valence-corrected chi connectivity index (χ4v) is 2.98. The molecule has 0 radical (unpaired) electrons. The third-order valence-corrected chi connectivity index (χ3v) is 4.19. The van der Waals surface area contributed by atoms with Gasteiger partial charge >= 0.3 is 0 Å². The van der Waals surface area contributed by atoms with Gasteiger partial charge in [0.25, 0.3) is 0 Å². The van der Waals surface area contributed by atoms with E-state index in [9.17, 15) is 8.42 Å². The van der Waals surface area contributed by atoms with Crippen LogP contribution in [0.1, 0.15) is 6.92 Å². The second-order valence-electron chi connectivity index (χ2n) is 4.44. The van der Waals surface area contributed by atoms with Crippen molar-refractivity contribution >= 4 is 10.0 Å². The lowest BCUT2D eigenvalue weighted by Gasteiger charge is -2.13. The number of aliphatic hydroxyl groups excluding tert-OH is 1. The molecule has 0 aliphatic heterocycles. The summed E-state index contributed by atoms with van der Waals surface area (Å²) in [7, 11) is -3.61. The predicted molar refractivity (Wildman–Crippen MR) is 71.3 cm³/mol. The summed E-state index contributed by atoms with van der Waals surface area (Å²) in [5.74, 6) is 0. The van der Waals surface area contributed by atoms with Crippen LogP contribution in [-0.4, -0.2) is 45.5 Å². The molecule has 2 N–H and O–H groups in total. The van der Waals surface area contributed by atoms with E-state index in [1.54, 1.807) is 30.2 Å². The number of sulfonamides is 1. The summed E-state index contributed by atoms with van der Waals surface area (Å²) in [4.78, 5) is 3.99. The van der Waals surface area contributed by atoms with Gasteiger partial charge in [-0.25, -0.2) is 18.1 Å². The van der Waals surface area contributed by atoms with E-state index in [-0.39, 0.29) is 24.1 Å². The Hall–Kier alpha value is -1.71. The van der Waals surface area contributed by atoms with Gasteiger partial charge in [-0.3, -0.25) is 4.68 Å². The van der Waals surface area contributed by atoms with Crippen LogP contribution in [0.5, 0.6) is 0 Å². The molecule has 0 aliphatic rings. The molecule has 2 heterocycles. The van der Waals surface area contributed by atoms with Crippen LogP contribution in [0.3, 0.4) is 0 Å². The zero-order valence-corrected chi connectivity index (χ0v) is 11.9. The first-order valence-corrected chi connectivity index (χ1v) is 7.61. The number of hydrogen-bond acceptors (Lipinski definition) is 5. The van der Waals surface area contributed by atoms with Crippen molar-refractivity contribution in [3.8, 4) is 0 Å². The minimum atomic E-state index is -3.61. The van der Waals surface area contributed by atoms with Crippen molar-refractivity contribution in [1.29, 1.82) is 0 Å². The summed E-state index contributed by atoms with van der Waals surface area (Å²) in [5, 5.41) is 12.7. The van der Waals surface area contributed by atoms with Crippen LogP contribution >= 0.6 is 0 Å². The lowest BCUT2D eigenvalue weighted by Crippen LogP contribution is -2.35. The van der Waals surface area contributed by atoms with Gasteiger partial charge in [0.2, 0.25) is 10.0 Å². The molecule has 9 heteroatoms. The van der Waals surface area contributed by atoms with Crippen molar-refractivity contribution in [3.63, 3.8) is 0 Å². The molecule has 0 aliphatic carbocycles. The lowest BCUT2D eigenvalue weighted by molar-refractivity contribution is 0.269. The number of nitrogens with zero attached hydrogens (tertiary/aromatic N) is 4. The number of aromatic nitrogens is 4. The number of aliphatic hydroxyl groups is 1. The zero-order valence-electron chi connectivity index (χ0n) is 11.0. The normalized spacial score (nSPS) is 13.5. The van der Waals surface area contributed by atoms with Gasteiger partial charge in [0, 0.05) is 31.2 Å². The Kier molecular flexibility index (Phi) is 4.53. The Balaban J connectivity index is 2.02. The minimum Gasteiger partial charge on any atom is -0.394 e. The quantitative estimate of drug-likeness (QED) is 0.713. The summed E-state index contributed by atoms with van der Waals surface area (Å²) < 4.78 is 30.0. The smallest absolute Gasteiger partial charge is 0.243 e. The summed E-state index contributed by atoms with van der Waals surface area (Å²) in [6.07, 6.45) is 7.69. The van der Waals surface area contributed by atoms with Crippen LogP contribution in [0, 0.1) is 0 Å². The van der Waals surface area contributed by atoms with Crippen molar-refractivity contribution in [2.45, 2.75) is 31.0 Å². The van der Waals surface area contributed by atoms with E-state index in [0.717, 1.165) is 0 Å². The van der Waals surface area contributed by atoms with Gasteiger partial charge in [-0.1, -0.05) is 0 Å². The van der Waals surface area contributed by atoms with Gasteiger partial charge in [0.15, 0.2) is 0 Å². The maximum absolute atomic E-state index is 12.1. The highest BCUT2D eigenvalue weighted by molar-refractivity contribution is 7.89. The largest absolute Gasteiger partial charge is 0.394 e. The fourth-order valence-electron chi connectivity index (χ4n) is 1.79. The SMILES string of the molecule is CC(Cn1ccnc1)NS(=O)(=O)c1cnn(CCO)c1. The molecule has 2 aromatic rings. The van der Waals surface area contributed by atoms with E-state index < -0.39 is 10.0 Å². The first kappa shape index (κ1) is 14.7. The van der Waals surface area contributed by atoms with Crippen molar-refractivity contribution in [2.75, 3.05) is 6.61 Å². The molecular formula is C11H17N5O3S. The van der Waals surface area contributed by atoms with E-state index in [4.69, 9.17) is 5.11 Å². The Morgan fingerprint density at radius 1 is 1.50 bits per heavy atom. The first-order chi connectivity index (χ1) is 9.51. The summed E-state index contributed by atoms with van der Waals surface area (Å²) in [6.45, 7) is 2.44. The number of imidazole rings is 1. The monoisotopic (exact) mass is 299 g/mol. The van der Waals surface area contributed by atoms with E-state index in [2.05, 4.69) is 14.8 Å². The highest BCUT2D eigenvalue weighted by Crippen LogP contribution is 2.08. The fraction of sp³-hybridized carbons (Fsp3) is 0.455. The van der Waals surface area contributed by atoms with Crippen LogP contribution in [-0.2, 0) is 23.1 Å². The van der Waals surface area contributed by atoms with Crippen molar-refractivity contribution in [2.24, 2.45) is 0 Å². The Morgan fingerprint density at radius 2 is 2.30 bits per heavy atom. The minimum absolute atomic E-state index is 0.0865. The summed E-state index contributed by atoms with van der Waals surface area (Å²) in [5.41, 5.74) is 0. The average Bonchev–Trinajstić information content (AvgIpc) is 3.00. The van der Waals surface area contributed by atoms with Crippen molar-refractivity contribution in [1.82, 2.24) is 24.1 Å². The summed E-state index contributed by atoms with van der Waals surface area (Å²) >= 11 is 0. The Morgan fingerprint density at radius 3 is 2.95 bits per heavy atom. The number of nitrogens with one attached hydrogen (secondary N) is 1. The van der Waals surface area contributed by atoms with Gasteiger partial charge in [0.05, 0.1) is 25.7 Å². The molecule has 0 fully saturated rings. The highest BCUT2D eigenvalue weighted by Gasteiger charge is 2.19. The summed E-state index contributed by atoms with van der Waals surface area (Å²) in [6, 6.07) is -0.282. The predicted octanol–water partition coefficient (Wildman–Crippen LogP) is -0.561. The topological polar surface area (TPSA) is 102 Å². The Labute approximate surface area is 117 Å². The maximum Gasteiger partial charge on any atom is 0.243 e. The molecule has 2 rings (SSSR count). The van der Waals surface area contributed by atoms with Gasteiger partial charge < -0.3 is 9.67 Å². The molecule has 8 nitrogen and oxygen atoms in total. The molecule has 0 saturated carbocycles. The average molecular weight is 299 g/mol. The molecule has 20 heavy (non-hydrogen) atoms. The second-order valence-corrected chi connectivity index (χ2v) is 6.16. The maximum atomic E-state index is 12.1. The molecule has 1 unspecified atom stereocenters. The molecule has 0 bridgehead atoms.